The third kappa shape index (κ3) is 3.65. The van der Waals surface area contributed by atoms with Gasteiger partial charge in [0, 0.05) is 19.3 Å². The molecule has 1 amide bonds. The number of aromatic nitrogens is 3. The maximum atomic E-state index is 12.1. The van der Waals surface area contributed by atoms with Crippen LogP contribution in [-0.2, 0) is 4.74 Å². The number of hydrogen-bond acceptors (Lipinski definition) is 4. The number of aromatic amines is 1. The van der Waals surface area contributed by atoms with Gasteiger partial charge in [0.1, 0.15) is 5.60 Å². The van der Waals surface area contributed by atoms with Crippen molar-refractivity contribution in [3.8, 4) is 0 Å². The molecule has 0 saturated carbocycles. The molecule has 1 aliphatic heterocycles. The molecule has 1 fully saturated rings. The zero-order chi connectivity index (χ0) is 16.6. The van der Waals surface area contributed by atoms with E-state index in [4.69, 9.17) is 4.74 Å². The number of ether oxygens (including phenoxy) is 1. The van der Waals surface area contributed by atoms with Gasteiger partial charge in [-0.1, -0.05) is 0 Å². The van der Waals surface area contributed by atoms with Gasteiger partial charge in [-0.3, -0.25) is 0 Å². The van der Waals surface area contributed by atoms with Gasteiger partial charge in [0.15, 0.2) is 10.4 Å². The molecule has 23 heavy (non-hydrogen) atoms. The summed E-state index contributed by atoms with van der Waals surface area (Å²) in [5.74, 6) is 0.395. The fourth-order valence-corrected chi connectivity index (χ4v) is 3.31. The maximum absolute atomic E-state index is 12.1. The van der Waals surface area contributed by atoms with Crippen molar-refractivity contribution >= 4 is 33.2 Å². The van der Waals surface area contributed by atoms with E-state index >= 15 is 0 Å². The molecule has 0 aliphatic carbocycles. The van der Waals surface area contributed by atoms with E-state index in [0.29, 0.717) is 23.7 Å². The van der Waals surface area contributed by atoms with E-state index in [1.807, 2.05) is 26.8 Å². The predicted molar refractivity (Wildman–Crippen MR) is 91.4 cm³/mol. The molecular formula is C16H21BrN4O2. The number of rotatable bonds is 1. The Labute approximate surface area is 143 Å². The standard InChI is InChI=1S/C16H21BrN4O2/c1-16(2,3)23-15(22)21-8-5-10(6-9-21)11-4-7-18-13-12(11)19-14(17)20-13/h4,7,10H,5-6,8-9H2,1-3H3,(H,18,19,20). The van der Waals surface area contributed by atoms with Crippen molar-refractivity contribution in [2.75, 3.05) is 13.1 Å². The minimum absolute atomic E-state index is 0.222. The number of carbonyl (C=O) groups is 1. The smallest absolute Gasteiger partial charge is 0.410 e. The molecule has 0 spiro atoms. The lowest BCUT2D eigenvalue weighted by Crippen LogP contribution is -2.41. The Morgan fingerprint density at radius 2 is 2.09 bits per heavy atom. The quantitative estimate of drug-likeness (QED) is 0.815. The molecule has 7 heteroatoms. The van der Waals surface area contributed by atoms with Crippen LogP contribution in [0.4, 0.5) is 4.79 Å². The van der Waals surface area contributed by atoms with Crippen molar-refractivity contribution in [3.63, 3.8) is 0 Å². The van der Waals surface area contributed by atoms with E-state index in [0.717, 1.165) is 24.0 Å². The molecule has 1 N–H and O–H groups in total. The minimum Gasteiger partial charge on any atom is -0.444 e. The normalized spacial score (nSPS) is 16.8. The molecular weight excluding hydrogens is 360 g/mol. The van der Waals surface area contributed by atoms with Gasteiger partial charge in [0.05, 0.1) is 5.52 Å². The van der Waals surface area contributed by atoms with Crippen LogP contribution in [0.2, 0.25) is 0 Å². The zero-order valence-corrected chi connectivity index (χ0v) is 15.2. The van der Waals surface area contributed by atoms with Gasteiger partial charge in [-0.25, -0.2) is 14.8 Å². The lowest BCUT2D eigenvalue weighted by atomic mass is 9.89. The number of pyridine rings is 1. The van der Waals surface area contributed by atoms with E-state index in [9.17, 15) is 4.79 Å². The average molecular weight is 381 g/mol. The molecule has 0 radical (unpaired) electrons. The Balaban J connectivity index is 1.70. The van der Waals surface area contributed by atoms with Gasteiger partial charge in [-0.05, 0) is 67.1 Å². The van der Waals surface area contributed by atoms with Gasteiger partial charge in [-0.2, -0.15) is 0 Å². The summed E-state index contributed by atoms with van der Waals surface area (Å²) in [6, 6.07) is 2.04. The van der Waals surface area contributed by atoms with Gasteiger partial charge in [-0.15, -0.1) is 0 Å². The first-order valence-corrected chi connectivity index (χ1v) is 8.61. The fraction of sp³-hybridized carbons (Fsp3) is 0.562. The Morgan fingerprint density at radius 3 is 2.74 bits per heavy atom. The van der Waals surface area contributed by atoms with Crippen molar-refractivity contribution in [1.82, 2.24) is 19.9 Å². The summed E-state index contributed by atoms with van der Waals surface area (Å²) in [5, 5.41) is 0. The molecule has 124 valence electrons. The second-order valence-corrected chi connectivity index (χ2v) is 7.62. The zero-order valence-electron chi connectivity index (χ0n) is 13.6. The first-order valence-electron chi connectivity index (χ1n) is 7.81. The second-order valence-electron chi connectivity index (χ2n) is 6.87. The molecule has 1 aliphatic rings. The van der Waals surface area contributed by atoms with Crippen LogP contribution in [-0.4, -0.2) is 44.6 Å². The Hall–Kier alpha value is -1.63. The molecule has 0 bridgehead atoms. The molecule has 2 aromatic heterocycles. The molecule has 3 heterocycles. The highest BCUT2D eigenvalue weighted by atomic mass is 79.9. The number of carbonyl (C=O) groups excluding carboxylic acids is 1. The van der Waals surface area contributed by atoms with Crippen LogP contribution in [0.3, 0.4) is 0 Å². The number of amides is 1. The number of fused-ring (bicyclic) bond motifs is 1. The van der Waals surface area contributed by atoms with E-state index in [1.54, 1.807) is 11.1 Å². The molecule has 0 atom stereocenters. The van der Waals surface area contributed by atoms with Crippen LogP contribution >= 0.6 is 15.9 Å². The van der Waals surface area contributed by atoms with Gasteiger partial charge in [0.25, 0.3) is 0 Å². The fourth-order valence-electron chi connectivity index (χ4n) is 2.94. The summed E-state index contributed by atoms with van der Waals surface area (Å²) in [6.45, 7) is 7.09. The number of piperidine rings is 1. The lowest BCUT2D eigenvalue weighted by molar-refractivity contribution is 0.0205. The number of imidazole rings is 1. The molecule has 0 unspecified atom stereocenters. The first kappa shape index (κ1) is 16.2. The Bertz CT molecular complexity index is 714. The van der Waals surface area contributed by atoms with Crippen molar-refractivity contribution in [3.05, 3.63) is 22.6 Å². The minimum atomic E-state index is -0.451. The SMILES string of the molecule is CC(C)(C)OC(=O)N1CCC(c2ccnc3nc(Br)[nH]c23)CC1. The highest BCUT2D eigenvalue weighted by Crippen LogP contribution is 2.32. The molecule has 2 aromatic rings. The van der Waals surface area contributed by atoms with Crippen LogP contribution in [0.15, 0.2) is 17.0 Å². The monoisotopic (exact) mass is 380 g/mol. The van der Waals surface area contributed by atoms with Crippen LogP contribution in [0.25, 0.3) is 11.2 Å². The summed E-state index contributed by atoms with van der Waals surface area (Å²) in [6.07, 6.45) is 3.40. The summed E-state index contributed by atoms with van der Waals surface area (Å²) >= 11 is 3.36. The molecule has 1 saturated heterocycles. The van der Waals surface area contributed by atoms with Crippen LogP contribution in [0, 0.1) is 0 Å². The summed E-state index contributed by atoms with van der Waals surface area (Å²) in [5.41, 5.74) is 2.48. The number of nitrogens with zero attached hydrogens (tertiary/aromatic N) is 3. The van der Waals surface area contributed by atoms with Crippen LogP contribution in [0.1, 0.15) is 45.1 Å². The average Bonchev–Trinajstić information content (AvgIpc) is 2.85. The highest BCUT2D eigenvalue weighted by Gasteiger charge is 2.28. The second kappa shape index (κ2) is 6.11. The van der Waals surface area contributed by atoms with Crippen molar-refractivity contribution in [2.45, 2.75) is 45.1 Å². The van der Waals surface area contributed by atoms with Crippen LogP contribution in [0.5, 0.6) is 0 Å². The lowest BCUT2D eigenvalue weighted by Gasteiger charge is -2.33. The maximum Gasteiger partial charge on any atom is 0.410 e. The molecule has 6 nitrogen and oxygen atoms in total. The topological polar surface area (TPSA) is 71.1 Å². The van der Waals surface area contributed by atoms with E-state index in [1.165, 1.54) is 5.56 Å². The molecule has 3 rings (SSSR count). The van der Waals surface area contributed by atoms with E-state index < -0.39 is 5.60 Å². The third-order valence-electron chi connectivity index (χ3n) is 3.98. The number of H-pyrrole nitrogens is 1. The number of halogens is 1. The van der Waals surface area contributed by atoms with Crippen molar-refractivity contribution in [1.29, 1.82) is 0 Å². The number of likely N-dealkylation sites (tertiary alicyclic amines) is 1. The van der Waals surface area contributed by atoms with Crippen LogP contribution < -0.4 is 0 Å². The number of hydrogen-bond donors (Lipinski definition) is 1. The Kier molecular flexibility index (Phi) is 4.31. The highest BCUT2D eigenvalue weighted by molar-refractivity contribution is 9.10. The third-order valence-corrected chi connectivity index (χ3v) is 4.36. The summed E-state index contributed by atoms with van der Waals surface area (Å²) < 4.78 is 6.14. The van der Waals surface area contributed by atoms with Gasteiger partial charge < -0.3 is 14.6 Å². The predicted octanol–water partition coefficient (Wildman–Crippen LogP) is 3.83. The van der Waals surface area contributed by atoms with E-state index in [-0.39, 0.29) is 6.09 Å². The van der Waals surface area contributed by atoms with E-state index in [2.05, 4.69) is 30.9 Å². The van der Waals surface area contributed by atoms with Crippen molar-refractivity contribution < 1.29 is 9.53 Å². The Morgan fingerprint density at radius 1 is 1.39 bits per heavy atom. The van der Waals surface area contributed by atoms with Crippen molar-refractivity contribution in [2.24, 2.45) is 0 Å². The largest absolute Gasteiger partial charge is 0.444 e. The van der Waals surface area contributed by atoms with Gasteiger partial charge >= 0.3 is 6.09 Å². The first-order chi connectivity index (χ1) is 10.8. The number of nitrogens with one attached hydrogen (secondary N) is 1. The molecule has 0 aromatic carbocycles. The van der Waals surface area contributed by atoms with Gasteiger partial charge in [0.2, 0.25) is 0 Å². The summed E-state index contributed by atoms with van der Waals surface area (Å²) in [4.78, 5) is 25.8. The summed E-state index contributed by atoms with van der Waals surface area (Å²) in [7, 11) is 0.